The highest BCUT2D eigenvalue weighted by molar-refractivity contribution is 7.89. The lowest BCUT2D eigenvalue weighted by atomic mass is 10.2. The van der Waals surface area contributed by atoms with Crippen LogP contribution >= 0.6 is 0 Å². The van der Waals surface area contributed by atoms with E-state index in [9.17, 15) is 17.2 Å². The standard InChI is InChI=1S/C13H17F2NO4S/c1-9-5-13(12(15)6-11(9)14)21(17,18)16-7-10(8-16)20-4-3-19-2/h5-6,10H,3-4,7-8H2,1-2H3. The zero-order valence-electron chi connectivity index (χ0n) is 11.8. The Morgan fingerprint density at radius 3 is 2.52 bits per heavy atom. The van der Waals surface area contributed by atoms with Crippen LogP contribution in [0.5, 0.6) is 0 Å². The van der Waals surface area contributed by atoms with Crippen molar-refractivity contribution in [1.82, 2.24) is 4.31 Å². The van der Waals surface area contributed by atoms with Crippen molar-refractivity contribution in [3.63, 3.8) is 0 Å². The number of sulfonamides is 1. The molecule has 0 saturated carbocycles. The van der Waals surface area contributed by atoms with Gasteiger partial charge in [-0.1, -0.05) is 0 Å². The number of hydrogen-bond acceptors (Lipinski definition) is 4. The number of halogens is 2. The van der Waals surface area contributed by atoms with Gasteiger partial charge < -0.3 is 9.47 Å². The molecule has 1 heterocycles. The van der Waals surface area contributed by atoms with Gasteiger partial charge in [0.15, 0.2) is 0 Å². The van der Waals surface area contributed by atoms with E-state index in [1.54, 1.807) is 7.11 Å². The predicted octanol–water partition coefficient (Wildman–Crippen LogP) is 1.31. The van der Waals surface area contributed by atoms with Crippen molar-refractivity contribution in [2.24, 2.45) is 0 Å². The van der Waals surface area contributed by atoms with E-state index in [1.807, 2.05) is 0 Å². The fraction of sp³-hybridized carbons (Fsp3) is 0.538. The number of hydrogen-bond donors (Lipinski definition) is 0. The van der Waals surface area contributed by atoms with E-state index in [2.05, 4.69) is 0 Å². The summed E-state index contributed by atoms with van der Waals surface area (Å²) in [6, 6.07) is 1.60. The van der Waals surface area contributed by atoms with Gasteiger partial charge in [-0.15, -0.1) is 0 Å². The first-order chi connectivity index (χ1) is 9.86. The van der Waals surface area contributed by atoms with Crippen molar-refractivity contribution in [2.75, 3.05) is 33.4 Å². The van der Waals surface area contributed by atoms with Gasteiger partial charge in [0, 0.05) is 26.3 Å². The van der Waals surface area contributed by atoms with Crippen LogP contribution in [-0.4, -0.2) is 52.2 Å². The van der Waals surface area contributed by atoms with E-state index in [0.29, 0.717) is 19.3 Å². The van der Waals surface area contributed by atoms with Crippen molar-refractivity contribution < 1.29 is 26.7 Å². The maximum Gasteiger partial charge on any atom is 0.246 e. The SMILES string of the molecule is COCCOC1CN(S(=O)(=O)c2cc(C)c(F)cc2F)C1. The van der Waals surface area contributed by atoms with Crippen LogP contribution in [0.15, 0.2) is 17.0 Å². The number of methoxy groups -OCH3 is 1. The zero-order valence-corrected chi connectivity index (χ0v) is 12.6. The lowest BCUT2D eigenvalue weighted by Gasteiger charge is -2.37. The van der Waals surface area contributed by atoms with Gasteiger partial charge in [0.1, 0.15) is 16.5 Å². The summed E-state index contributed by atoms with van der Waals surface area (Å²) in [5.74, 6) is -1.85. The van der Waals surface area contributed by atoms with E-state index in [0.717, 1.165) is 10.4 Å². The monoisotopic (exact) mass is 321 g/mol. The second-order valence-electron chi connectivity index (χ2n) is 4.84. The third-order valence-electron chi connectivity index (χ3n) is 3.29. The summed E-state index contributed by atoms with van der Waals surface area (Å²) < 4.78 is 62.7. The first-order valence-electron chi connectivity index (χ1n) is 6.42. The fourth-order valence-electron chi connectivity index (χ4n) is 1.97. The van der Waals surface area contributed by atoms with Crippen LogP contribution in [0.3, 0.4) is 0 Å². The molecule has 1 aromatic carbocycles. The smallest absolute Gasteiger partial charge is 0.246 e. The summed E-state index contributed by atoms with van der Waals surface area (Å²) >= 11 is 0. The molecule has 1 aromatic rings. The third-order valence-corrected chi connectivity index (χ3v) is 5.13. The second kappa shape index (κ2) is 6.35. The summed E-state index contributed by atoms with van der Waals surface area (Å²) in [4.78, 5) is -0.503. The van der Waals surface area contributed by atoms with Crippen LogP contribution in [0, 0.1) is 18.6 Å². The number of nitrogens with zero attached hydrogens (tertiary/aromatic N) is 1. The van der Waals surface area contributed by atoms with Crippen LogP contribution in [-0.2, 0) is 19.5 Å². The Bertz CT molecular complexity index is 615. The molecule has 1 saturated heterocycles. The molecule has 0 unspecified atom stereocenters. The summed E-state index contributed by atoms with van der Waals surface area (Å²) in [7, 11) is -2.41. The largest absolute Gasteiger partial charge is 0.382 e. The van der Waals surface area contributed by atoms with Gasteiger partial charge in [0.25, 0.3) is 0 Å². The molecule has 0 spiro atoms. The van der Waals surface area contributed by atoms with Gasteiger partial charge in [0.05, 0.1) is 19.3 Å². The molecule has 5 nitrogen and oxygen atoms in total. The first-order valence-corrected chi connectivity index (χ1v) is 7.86. The molecule has 21 heavy (non-hydrogen) atoms. The molecule has 1 fully saturated rings. The van der Waals surface area contributed by atoms with Gasteiger partial charge in [-0.3, -0.25) is 0 Å². The average molecular weight is 321 g/mol. The molecular formula is C13H17F2NO4S. The van der Waals surface area contributed by atoms with Gasteiger partial charge in [-0.25, -0.2) is 17.2 Å². The number of aryl methyl sites for hydroxylation is 1. The zero-order chi connectivity index (χ0) is 15.6. The number of rotatable bonds is 6. The summed E-state index contributed by atoms with van der Waals surface area (Å²) in [6.07, 6.45) is -0.223. The number of ether oxygens (including phenoxy) is 2. The van der Waals surface area contributed by atoms with E-state index < -0.39 is 26.6 Å². The minimum Gasteiger partial charge on any atom is -0.382 e. The molecule has 0 atom stereocenters. The molecule has 8 heteroatoms. The highest BCUT2D eigenvalue weighted by Gasteiger charge is 2.38. The minimum atomic E-state index is -3.96. The van der Waals surface area contributed by atoms with E-state index >= 15 is 0 Å². The molecule has 1 aliphatic heterocycles. The molecule has 0 radical (unpaired) electrons. The predicted molar refractivity (Wildman–Crippen MR) is 71.5 cm³/mol. The molecule has 2 rings (SSSR count). The van der Waals surface area contributed by atoms with Gasteiger partial charge in [0.2, 0.25) is 10.0 Å². The molecule has 0 aromatic heterocycles. The molecule has 0 N–H and O–H groups in total. The van der Waals surface area contributed by atoms with Gasteiger partial charge in [-0.2, -0.15) is 4.31 Å². The van der Waals surface area contributed by atoms with Crippen LogP contribution in [0.1, 0.15) is 5.56 Å². The summed E-state index contributed by atoms with van der Waals surface area (Å²) in [6.45, 7) is 2.50. The van der Waals surface area contributed by atoms with Crippen molar-refractivity contribution >= 4 is 10.0 Å². The molecule has 0 bridgehead atoms. The molecule has 118 valence electrons. The Kier molecular flexibility index (Phi) is 4.92. The normalized spacial score (nSPS) is 17.0. The van der Waals surface area contributed by atoms with Crippen molar-refractivity contribution in [3.8, 4) is 0 Å². The van der Waals surface area contributed by atoms with E-state index in [1.165, 1.54) is 6.92 Å². The Morgan fingerprint density at radius 2 is 1.90 bits per heavy atom. The minimum absolute atomic E-state index is 0.0865. The van der Waals surface area contributed by atoms with Crippen LogP contribution in [0.4, 0.5) is 8.78 Å². The van der Waals surface area contributed by atoms with E-state index in [4.69, 9.17) is 9.47 Å². The maximum absolute atomic E-state index is 13.7. The number of benzene rings is 1. The van der Waals surface area contributed by atoms with Gasteiger partial charge in [-0.05, 0) is 18.6 Å². The van der Waals surface area contributed by atoms with E-state index in [-0.39, 0.29) is 24.8 Å². The first kappa shape index (κ1) is 16.3. The lowest BCUT2D eigenvalue weighted by Crippen LogP contribution is -2.54. The lowest BCUT2D eigenvalue weighted by molar-refractivity contribution is -0.0380. The average Bonchev–Trinajstić information content (AvgIpc) is 2.36. The van der Waals surface area contributed by atoms with Crippen LogP contribution in [0.25, 0.3) is 0 Å². The van der Waals surface area contributed by atoms with Crippen LogP contribution in [0.2, 0.25) is 0 Å². The second-order valence-corrected chi connectivity index (χ2v) is 6.75. The molecule has 0 amide bonds. The molecular weight excluding hydrogens is 304 g/mol. The Hall–Kier alpha value is -1.09. The van der Waals surface area contributed by atoms with Gasteiger partial charge >= 0.3 is 0 Å². The highest BCUT2D eigenvalue weighted by Crippen LogP contribution is 2.26. The third kappa shape index (κ3) is 3.39. The van der Waals surface area contributed by atoms with Crippen molar-refractivity contribution in [2.45, 2.75) is 17.9 Å². The fourth-order valence-corrected chi connectivity index (χ4v) is 3.60. The quantitative estimate of drug-likeness (QED) is 0.741. The maximum atomic E-state index is 13.7. The molecule has 1 aliphatic rings. The summed E-state index contributed by atoms with van der Waals surface area (Å²) in [5.41, 5.74) is 0.0865. The van der Waals surface area contributed by atoms with Crippen molar-refractivity contribution in [1.29, 1.82) is 0 Å². The molecule has 0 aliphatic carbocycles. The Labute approximate surface area is 122 Å². The van der Waals surface area contributed by atoms with Crippen LogP contribution < -0.4 is 0 Å². The highest BCUT2D eigenvalue weighted by atomic mass is 32.2. The Morgan fingerprint density at radius 1 is 1.24 bits per heavy atom. The topological polar surface area (TPSA) is 55.8 Å². The Balaban J connectivity index is 2.06. The summed E-state index contributed by atoms with van der Waals surface area (Å²) in [5, 5.41) is 0. The van der Waals surface area contributed by atoms with Crippen molar-refractivity contribution in [3.05, 3.63) is 29.3 Å².